The molecule has 0 aliphatic carbocycles. The number of benzene rings is 1. The third-order valence-electron chi connectivity index (χ3n) is 13.3. The Morgan fingerprint density at radius 1 is 0.984 bits per heavy atom. The number of hydrogen-bond acceptors (Lipinski definition) is 14. The molecular weight excluding hydrogens is 830 g/mol. The van der Waals surface area contributed by atoms with Crippen LogP contribution in [-0.2, 0) is 33.2 Å². The molecule has 1 unspecified atom stereocenters. The summed E-state index contributed by atoms with van der Waals surface area (Å²) in [4.78, 5) is 18.2. The Bertz CT molecular complexity index is 1590. The topological polar surface area (TPSA) is 192 Å². The maximum absolute atomic E-state index is 14.5. The Morgan fingerprint density at radius 3 is 2.18 bits per heavy atom. The lowest BCUT2D eigenvalue weighted by atomic mass is 9.77. The minimum Gasteiger partial charge on any atom is -0.459 e. The molecule has 1 aromatic carbocycles. The van der Waals surface area contributed by atoms with Crippen molar-refractivity contribution in [3.63, 3.8) is 0 Å². The van der Waals surface area contributed by atoms with Gasteiger partial charge in [0, 0.05) is 42.7 Å². The SMILES string of the molecule is CC[C@H]1OC(=O)[C@H](C)[C@@H](O[C@H]2C[C@@](C)(OC)[C@@H](O)[C@H](C)O2)[C@H](C)[C@@H](O[C@@H]2O[C@H](C)C[C@H](N(C)C)[C@H]2O)C(C)(O)C[C@@H](C)CN(C(=S)Nc2ccc(Cl)cc2)[C@H](C)[C@@H](O)[C@]1(C)O. The van der Waals surface area contributed by atoms with E-state index in [2.05, 4.69) is 5.32 Å². The van der Waals surface area contributed by atoms with Gasteiger partial charge in [-0.05, 0) is 124 Å². The van der Waals surface area contributed by atoms with Crippen LogP contribution in [0.25, 0.3) is 0 Å². The molecule has 0 aromatic heterocycles. The van der Waals surface area contributed by atoms with E-state index in [1.54, 1.807) is 77.6 Å². The maximum Gasteiger partial charge on any atom is 0.311 e. The van der Waals surface area contributed by atoms with E-state index >= 15 is 0 Å². The summed E-state index contributed by atoms with van der Waals surface area (Å²) in [5.74, 6) is -2.99. The fraction of sp³-hybridized carbons (Fsp3) is 0.818. The van der Waals surface area contributed by atoms with Gasteiger partial charge in [0.05, 0.1) is 47.6 Å². The Kier molecular flexibility index (Phi) is 17.9. The second-order valence-electron chi connectivity index (χ2n) is 18.8. The fourth-order valence-corrected chi connectivity index (χ4v) is 9.99. The zero-order chi connectivity index (χ0) is 45.9. The number of aliphatic hydroxyl groups is 5. The van der Waals surface area contributed by atoms with E-state index < -0.39 is 96.0 Å². The summed E-state index contributed by atoms with van der Waals surface area (Å²) >= 11 is 12.1. The van der Waals surface area contributed by atoms with Crippen molar-refractivity contribution in [2.24, 2.45) is 17.8 Å². The van der Waals surface area contributed by atoms with E-state index in [1.807, 2.05) is 32.8 Å². The first-order valence-corrected chi connectivity index (χ1v) is 22.4. The number of esters is 1. The molecule has 0 saturated carbocycles. The molecule has 3 aliphatic rings. The van der Waals surface area contributed by atoms with Gasteiger partial charge in [-0.2, -0.15) is 0 Å². The van der Waals surface area contributed by atoms with Gasteiger partial charge in [0.2, 0.25) is 0 Å². The first-order chi connectivity index (χ1) is 28.3. The van der Waals surface area contributed by atoms with E-state index in [0.717, 1.165) is 0 Å². The van der Waals surface area contributed by atoms with E-state index in [-0.39, 0.29) is 49.0 Å². The number of cyclic esters (lactones) is 1. The molecule has 0 amide bonds. The second-order valence-corrected chi connectivity index (χ2v) is 19.6. The van der Waals surface area contributed by atoms with Gasteiger partial charge in [-0.25, -0.2) is 0 Å². The average molecular weight is 905 g/mol. The predicted octanol–water partition coefficient (Wildman–Crippen LogP) is 4.32. The van der Waals surface area contributed by atoms with Crippen LogP contribution < -0.4 is 5.32 Å². The molecule has 3 fully saturated rings. The van der Waals surface area contributed by atoms with E-state index in [4.69, 9.17) is 52.2 Å². The smallest absolute Gasteiger partial charge is 0.311 e. The molecule has 0 spiro atoms. The highest BCUT2D eigenvalue weighted by atomic mass is 35.5. The number of thiocarbonyl (C=S) groups is 1. The van der Waals surface area contributed by atoms with E-state index in [1.165, 1.54) is 14.0 Å². The van der Waals surface area contributed by atoms with Crippen LogP contribution in [0.3, 0.4) is 0 Å². The van der Waals surface area contributed by atoms with Crippen LogP contribution in [0.15, 0.2) is 24.3 Å². The molecule has 4 rings (SSSR count). The van der Waals surface area contributed by atoms with Crippen LogP contribution in [0.2, 0.25) is 5.02 Å². The summed E-state index contributed by atoms with van der Waals surface area (Å²) in [5, 5.41) is 63.7. The van der Waals surface area contributed by atoms with Crippen molar-refractivity contribution >= 4 is 40.6 Å². The number of halogens is 1. The van der Waals surface area contributed by atoms with E-state index in [0.29, 0.717) is 17.1 Å². The number of anilines is 1. The molecular formula is C44H74ClN3O12S. The molecule has 3 aliphatic heterocycles. The quantitative estimate of drug-likeness (QED) is 0.160. The third kappa shape index (κ3) is 12.1. The Labute approximate surface area is 373 Å². The van der Waals surface area contributed by atoms with Gasteiger partial charge < -0.3 is 69.1 Å². The molecule has 61 heavy (non-hydrogen) atoms. The van der Waals surface area contributed by atoms with Gasteiger partial charge >= 0.3 is 5.97 Å². The number of nitrogens with one attached hydrogen (secondary N) is 1. The van der Waals surface area contributed by atoms with Crippen molar-refractivity contribution in [1.82, 2.24) is 9.80 Å². The molecule has 0 bridgehead atoms. The van der Waals surface area contributed by atoms with Crippen molar-refractivity contribution < 1.29 is 58.7 Å². The van der Waals surface area contributed by atoms with Crippen molar-refractivity contribution in [2.45, 2.75) is 185 Å². The standard InChI is InChI=1S/C44H74ClN3O12S/c1-14-32-44(10,54)36(50)27(6)48(41(61)46-30-17-15-29(45)16-18-30)22-23(2)20-42(8,53)38(60-40-34(49)31(47(11)12)19-24(3)56-40)25(4)35(26(5)39(52)58-32)59-33-21-43(9,55-13)37(51)28(7)57-33/h15-18,23-28,31-38,40,49-51,53-54H,14,19-22H2,1-13H3,(H,46,61)/t23-,24-,25+,26-,27-,28+,31+,32-,33+,34-,35+,36-,37+,38-,40+,42?,43-,44-/m1/s1. The number of aliphatic hydroxyl groups excluding tert-OH is 3. The van der Waals surface area contributed by atoms with Crippen molar-refractivity contribution in [2.75, 3.05) is 33.1 Å². The Morgan fingerprint density at radius 2 is 1.61 bits per heavy atom. The summed E-state index contributed by atoms with van der Waals surface area (Å²) in [5.41, 5.74) is -4.06. The van der Waals surface area contributed by atoms with Crippen LogP contribution in [0.5, 0.6) is 0 Å². The third-order valence-corrected chi connectivity index (χ3v) is 13.9. The number of carbonyl (C=O) groups excluding carboxylic acids is 1. The minimum absolute atomic E-state index is 0.0988. The fourth-order valence-electron chi connectivity index (χ4n) is 9.51. The number of nitrogens with zero attached hydrogens (tertiary/aromatic N) is 2. The first kappa shape index (κ1) is 51.9. The normalized spacial score (nSPS) is 43.6. The number of ether oxygens (including phenoxy) is 6. The van der Waals surface area contributed by atoms with E-state index in [9.17, 15) is 30.3 Å². The second kappa shape index (κ2) is 21.0. The van der Waals surface area contributed by atoms with Crippen molar-refractivity contribution in [3.8, 4) is 0 Å². The Hall–Kier alpha value is -1.77. The summed E-state index contributed by atoms with van der Waals surface area (Å²) in [7, 11) is 5.24. The Balaban J connectivity index is 1.86. The summed E-state index contributed by atoms with van der Waals surface area (Å²) in [6, 6.07) is 5.82. The van der Waals surface area contributed by atoms with Crippen molar-refractivity contribution in [1.29, 1.82) is 0 Å². The average Bonchev–Trinajstić information content (AvgIpc) is 3.18. The van der Waals surface area contributed by atoms with Crippen LogP contribution in [0.4, 0.5) is 5.69 Å². The van der Waals surface area contributed by atoms with Crippen molar-refractivity contribution in [3.05, 3.63) is 29.3 Å². The van der Waals surface area contributed by atoms with Gasteiger partial charge in [0.25, 0.3) is 0 Å². The lowest BCUT2D eigenvalue weighted by molar-refractivity contribution is -0.318. The largest absolute Gasteiger partial charge is 0.459 e. The lowest BCUT2D eigenvalue weighted by Crippen LogP contribution is -2.61. The summed E-state index contributed by atoms with van der Waals surface area (Å²) in [6.07, 6.45) is -9.24. The molecule has 3 saturated heterocycles. The van der Waals surface area contributed by atoms with Crippen LogP contribution >= 0.6 is 23.8 Å². The maximum atomic E-state index is 14.5. The number of carbonyl (C=O) groups is 1. The molecule has 17 heteroatoms. The minimum atomic E-state index is -1.97. The summed E-state index contributed by atoms with van der Waals surface area (Å²) in [6.45, 7) is 17.5. The number of hydrogen-bond donors (Lipinski definition) is 6. The van der Waals surface area contributed by atoms with Gasteiger partial charge in [-0.15, -0.1) is 0 Å². The molecule has 0 radical (unpaired) electrons. The number of rotatable bonds is 8. The molecule has 15 nitrogen and oxygen atoms in total. The van der Waals surface area contributed by atoms with Gasteiger partial charge in [0.15, 0.2) is 17.7 Å². The zero-order valence-electron chi connectivity index (χ0n) is 38.3. The highest BCUT2D eigenvalue weighted by molar-refractivity contribution is 7.80. The summed E-state index contributed by atoms with van der Waals surface area (Å²) < 4.78 is 37.9. The highest BCUT2D eigenvalue weighted by Gasteiger charge is 2.53. The number of likely N-dealkylation sites (N-methyl/N-ethyl adjacent to an activating group) is 1. The number of methoxy groups -OCH3 is 1. The monoisotopic (exact) mass is 903 g/mol. The van der Waals surface area contributed by atoms with Crippen LogP contribution in [0.1, 0.15) is 94.9 Å². The predicted molar refractivity (Wildman–Crippen MR) is 236 cm³/mol. The molecule has 6 N–H and O–H groups in total. The highest BCUT2D eigenvalue weighted by Crippen LogP contribution is 2.40. The molecule has 1 aromatic rings. The molecule has 350 valence electrons. The van der Waals surface area contributed by atoms with Gasteiger partial charge in [-0.3, -0.25) is 4.79 Å². The molecule has 18 atom stereocenters. The lowest BCUT2D eigenvalue weighted by Gasteiger charge is -2.49. The molecule has 3 heterocycles. The van der Waals surface area contributed by atoms with Gasteiger partial charge in [-0.1, -0.05) is 32.4 Å². The van der Waals surface area contributed by atoms with Crippen LogP contribution in [0, 0.1) is 17.8 Å². The zero-order valence-corrected chi connectivity index (χ0v) is 39.9. The van der Waals surface area contributed by atoms with Crippen LogP contribution in [-0.4, -0.2) is 164 Å². The first-order valence-electron chi connectivity index (χ1n) is 21.6. The van der Waals surface area contributed by atoms with Gasteiger partial charge in [0.1, 0.15) is 30.0 Å².